The summed E-state index contributed by atoms with van der Waals surface area (Å²) < 4.78 is 27.9. The molecule has 1 aromatic carbocycles. The smallest absolute Gasteiger partial charge is 0.340 e. The van der Waals surface area contributed by atoms with Gasteiger partial charge in [0.15, 0.2) is 16.4 Å². The van der Waals surface area contributed by atoms with E-state index < -0.39 is 34.4 Å². The Kier molecular flexibility index (Phi) is 6.60. The predicted molar refractivity (Wildman–Crippen MR) is 93.8 cm³/mol. The molecule has 3 amide bonds. The summed E-state index contributed by atoms with van der Waals surface area (Å²) in [6.07, 6.45) is 4.78. The minimum Gasteiger partial charge on any atom is -0.452 e. The Morgan fingerprint density at radius 2 is 1.88 bits per heavy atom. The fraction of sp³-hybridized carbons (Fsp3) is 0.438. The molecule has 2 rings (SSSR count). The molecule has 0 aromatic heterocycles. The molecular formula is C16H19ClN2O6S. The third kappa shape index (κ3) is 5.70. The second-order valence-corrected chi connectivity index (χ2v) is 8.42. The van der Waals surface area contributed by atoms with Crippen LogP contribution in [0.15, 0.2) is 23.1 Å². The van der Waals surface area contributed by atoms with E-state index in [1.165, 1.54) is 12.1 Å². The number of rotatable bonds is 5. The van der Waals surface area contributed by atoms with Crippen molar-refractivity contribution in [2.75, 3.05) is 12.9 Å². The number of hydrogen-bond donors (Lipinski definition) is 2. The van der Waals surface area contributed by atoms with E-state index in [1.54, 1.807) is 0 Å². The maximum atomic E-state index is 12.0. The summed E-state index contributed by atoms with van der Waals surface area (Å²) in [6.45, 7) is -0.698. The second-order valence-electron chi connectivity index (χ2n) is 5.99. The van der Waals surface area contributed by atoms with Crippen molar-refractivity contribution in [2.24, 2.45) is 0 Å². The van der Waals surface area contributed by atoms with Gasteiger partial charge in [0.05, 0.1) is 15.5 Å². The first-order valence-electron chi connectivity index (χ1n) is 7.94. The van der Waals surface area contributed by atoms with Gasteiger partial charge in [0, 0.05) is 12.3 Å². The van der Waals surface area contributed by atoms with Gasteiger partial charge in [0.1, 0.15) is 0 Å². The van der Waals surface area contributed by atoms with Crippen LogP contribution in [0.3, 0.4) is 0 Å². The van der Waals surface area contributed by atoms with E-state index >= 15 is 0 Å². The Morgan fingerprint density at radius 3 is 2.50 bits per heavy atom. The van der Waals surface area contributed by atoms with E-state index in [1.807, 2.05) is 0 Å². The van der Waals surface area contributed by atoms with E-state index in [9.17, 15) is 22.8 Å². The van der Waals surface area contributed by atoms with Gasteiger partial charge in [-0.2, -0.15) is 0 Å². The highest BCUT2D eigenvalue weighted by Crippen LogP contribution is 2.21. The van der Waals surface area contributed by atoms with Crippen molar-refractivity contribution >= 4 is 39.3 Å². The van der Waals surface area contributed by atoms with E-state index in [2.05, 4.69) is 10.6 Å². The lowest BCUT2D eigenvalue weighted by Crippen LogP contribution is -2.45. The lowest BCUT2D eigenvalue weighted by Gasteiger charge is -2.12. The molecule has 0 atom stereocenters. The van der Waals surface area contributed by atoms with Gasteiger partial charge in [0.25, 0.3) is 5.91 Å². The third-order valence-electron chi connectivity index (χ3n) is 3.86. The first kappa shape index (κ1) is 20.2. The van der Waals surface area contributed by atoms with E-state index in [4.69, 9.17) is 16.3 Å². The first-order valence-corrected chi connectivity index (χ1v) is 10.2. The Labute approximate surface area is 156 Å². The topological polar surface area (TPSA) is 119 Å². The van der Waals surface area contributed by atoms with Crippen LogP contribution in [0.5, 0.6) is 0 Å². The molecule has 0 spiro atoms. The second kappa shape index (κ2) is 8.50. The minimum absolute atomic E-state index is 0.0122. The van der Waals surface area contributed by atoms with Crippen molar-refractivity contribution in [3.8, 4) is 0 Å². The zero-order valence-electron chi connectivity index (χ0n) is 14.1. The number of carbonyl (C=O) groups excluding carboxylic acids is 3. The Balaban J connectivity index is 1.89. The molecule has 10 heteroatoms. The number of hydrogen-bond acceptors (Lipinski definition) is 6. The van der Waals surface area contributed by atoms with Gasteiger partial charge in [-0.1, -0.05) is 24.4 Å². The molecular weight excluding hydrogens is 384 g/mol. The van der Waals surface area contributed by atoms with Crippen molar-refractivity contribution in [3.63, 3.8) is 0 Å². The van der Waals surface area contributed by atoms with Crippen LogP contribution in [0.4, 0.5) is 4.79 Å². The summed E-state index contributed by atoms with van der Waals surface area (Å²) in [4.78, 5) is 35.3. The summed E-state index contributed by atoms with van der Waals surface area (Å²) >= 11 is 5.88. The van der Waals surface area contributed by atoms with Crippen LogP contribution in [0.25, 0.3) is 0 Å². The highest BCUT2D eigenvalue weighted by molar-refractivity contribution is 7.90. The van der Waals surface area contributed by atoms with Gasteiger partial charge >= 0.3 is 12.0 Å². The van der Waals surface area contributed by atoms with Crippen molar-refractivity contribution in [2.45, 2.75) is 36.6 Å². The zero-order chi connectivity index (χ0) is 19.3. The maximum Gasteiger partial charge on any atom is 0.340 e. The molecule has 0 aliphatic heterocycles. The van der Waals surface area contributed by atoms with Crippen molar-refractivity contribution < 1.29 is 27.5 Å². The monoisotopic (exact) mass is 402 g/mol. The van der Waals surface area contributed by atoms with Gasteiger partial charge in [0.2, 0.25) is 0 Å². The Hall–Kier alpha value is -2.13. The number of ether oxygens (including phenoxy) is 1. The average Bonchev–Trinajstić information content (AvgIpc) is 3.04. The molecule has 1 aliphatic carbocycles. The summed E-state index contributed by atoms with van der Waals surface area (Å²) in [6, 6.07) is 2.99. The van der Waals surface area contributed by atoms with Crippen LogP contribution in [0.1, 0.15) is 36.0 Å². The summed E-state index contributed by atoms with van der Waals surface area (Å²) in [7, 11) is -3.53. The number of benzene rings is 1. The Bertz CT molecular complexity index is 818. The molecule has 26 heavy (non-hydrogen) atoms. The van der Waals surface area contributed by atoms with Gasteiger partial charge in [-0.3, -0.25) is 10.1 Å². The van der Waals surface area contributed by atoms with E-state index in [-0.39, 0.29) is 21.5 Å². The third-order valence-corrected chi connectivity index (χ3v) is 5.30. The summed E-state index contributed by atoms with van der Waals surface area (Å²) in [5, 5.41) is 4.72. The Morgan fingerprint density at radius 1 is 1.23 bits per heavy atom. The van der Waals surface area contributed by atoms with Gasteiger partial charge in [-0.05, 0) is 31.0 Å². The number of imide groups is 1. The van der Waals surface area contributed by atoms with Crippen LogP contribution in [0, 0.1) is 0 Å². The first-order chi connectivity index (χ1) is 12.2. The quantitative estimate of drug-likeness (QED) is 0.723. The van der Waals surface area contributed by atoms with Crippen LogP contribution in [0.2, 0.25) is 5.02 Å². The number of sulfone groups is 1. The largest absolute Gasteiger partial charge is 0.452 e. The maximum absolute atomic E-state index is 12.0. The molecule has 0 heterocycles. The minimum atomic E-state index is -3.53. The van der Waals surface area contributed by atoms with Crippen LogP contribution in [-0.2, 0) is 19.4 Å². The standard InChI is InChI=1S/C16H19ClN2O6S/c1-26(23,24)11-6-7-13(17)12(8-11)15(21)25-9-14(20)19-16(22)18-10-4-2-3-5-10/h6-8,10H,2-5,9H2,1H3,(H2,18,19,20,22). The van der Waals surface area contributed by atoms with Crippen LogP contribution >= 0.6 is 11.6 Å². The SMILES string of the molecule is CS(=O)(=O)c1ccc(Cl)c(C(=O)OCC(=O)NC(=O)NC2CCCC2)c1. The normalized spacial score (nSPS) is 14.7. The van der Waals surface area contributed by atoms with Crippen molar-refractivity contribution in [3.05, 3.63) is 28.8 Å². The van der Waals surface area contributed by atoms with Crippen LogP contribution < -0.4 is 10.6 Å². The zero-order valence-corrected chi connectivity index (χ0v) is 15.7. The fourth-order valence-corrected chi connectivity index (χ4v) is 3.40. The lowest BCUT2D eigenvalue weighted by molar-refractivity contribution is -0.123. The van der Waals surface area contributed by atoms with E-state index in [0.717, 1.165) is 38.0 Å². The molecule has 1 fully saturated rings. The number of carbonyl (C=O) groups is 3. The fourth-order valence-electron chi connectivity index (χ4n) is 2.55. The van der Waals surface area contributed by atoms with E-state index in [0.29, 0.717) is 0 Å². The summed E-state index contributed by atoms with van der Waals surface area (Å²) in [5.41, 5.74) is -0.183. The molecule has 0 bridgehead atoms. The molecule has 8 nitrogen and oxygen atoms in total. The molecule has 0 saturated heterocycles. The molecule has 1 saturated carbocycles. The van der Waals surface area contributed by atoms with Crippen molar-refractivity contribution in [1.82, 2.24) is 10.6 Å². The molecule has 2 N–H and O–H groups in total. The van der Waals surface area contributed by atoms with Gasteiger partial charge in [-0.25, -0.2) is 18.0 Å². The molecule has 0 unspecified atom stereocenters. The highest BCUT2D eigenvalue weighted by atomic mass is 35.5. The number of amides is 3. The number of esters is 1. The van der Waals surface area contributed by atoms with Crippen molar-refractivity contribution in [1.29, 1.82) is 0 Å². The lowest BCUT2D eigenvalue weighted by atomic mass is 10.2. The summed E-state index contributed by atoms with van der Waals surface area (Å²) in [5.74, 6) is -1.77. The predicted octanol–water partition coefficient (Wildman–Crippen LogP) is 1.67. The number of urea groups is 1. The van der Waals surface area contributed by atoms with Gasteiger partial charge in [-0.15, -0.1) is 0 Å². The molecule has 142 valence electrons. The molecule has 1 aliphatic rings. The van der Waals surface area contributed by atoms with Crippen LogP contribution in [-0.4, -0.2) is 45.2 Å². The average molecular weight is 403 g/mol. The molecule has 1 aromatic rings. The van der Waals surface area contributed by atoms with Gasteiger partial charge < -0.3 is 10.1 Å². The highest BCUT2D eigenvalue weighted by Gasteiger charge is 2.20. The number of halogens is 1. The molecule has 0 radical (unpaired) electrons. The number of nitrogens with one attached hydrogen (secondary N) is 2.